The number of carbonyl (C=O) groups excluding carboxylic acids is 1. The van der Waals surface area contributed by atoms with Gasteiger partial charge in [0.2, 0.25) is 5.91 Å². The topological polar surface area (TPSA) is 62.5 Å². The number of fused-ring (bicyclic) bond motifs is 1. The Morgan fingerprint density at radius 3 is 2.92 bits per heavy atom. The summed E-state index contributed by atoms with van der Waals surface area (Å²) in [4.78, 5) is 20.5. The monoisotopic (exact) mass is 326 g/mol. The van der Waals surface area contributed by atoms with Crippen molar-refractivity contribution in [2.75, 3.05) is 26.2 Å². The van der Waals surface area contributed by atoms with E-state index in [0.29, 0.717) is 6.04 Å². The van der Waals surface area contributed by atoms with Crippen molar-refractivity contribution in [3.8, 4) is 0 Å². The number of hydrogen-bond acceptors (Lipinski definition) is 4. The normalized spacial score (nSPS) is 19.9. The number of pyridine rings is 1. The molecule has 2 N–H and O–H groups in total. The molecule has 0 spiro atoms. The van der Waals surface area contributed by atoms with Crippen LogP contribution < -0.4 is 5.73 Å². The van der Waals surface area contributed by atoms with E-state index in [1.165, 1.54) is 16.3 Å². The van der Waals surface area contributed by atoms with Gasteiger partial charge in [-0.05, 0) is 49.4 Å². The molecule has 128 valence electrons. The lowest BCUT2D eigenvalue weighted by Crippen LogP contribution is -2.48. The smallest absolute Gasteiger partial charge is 0.236 e. The van der Waals surface area contributed by atoms with Crippen molar-refractivity contribution in [2.45, 2.75) is 32.4 Å². The molecule has 0 saturated carbocycles. The molecule has 1 saturated heterocycles. The molecule has 2 aromatic rings. The lowest BCUT2D eigenvalue weighted by Gasteiger charge is -2.36. The maximum atomic E-state index is 12.0. The maximum absolute atomic E-state index is 12.0. The van der Waals surface area contributed by atoms with Crippen molar-refractivity contribution >= 4 is 16.7 Å². The minimum Gasteiger partial charge on any atom is -0.340 e. The first-order valence-electron chi connectivity index (χ1n) is 8.72. The number of nitrogens with two attached hydrogens (primary N) is 1. The third kappa shape index (κ3) is 3.91. The van der Waals surface area contributed by atoms with Crippen LogP contribution in [-0.4, -0.2) is 52.9 Å². The van der Waals surface area contributed by atoms with Crippen molar-refractivity contribution in [3.05, 3.63) is 42.2 Å². The Morgan fingerprint density at radius 2 is 2.08 bits per heavy atom. The van der Waals surface area contributed by atoms with Crippen LogP contribution in [-0.2, 0) is 11.3 Å². The number of amides is 1. The Kier molecular flexibility index (Phi) is 5.43. The summed E-state index contributed by atoms with van der Waals surface area (Å²) in [5, 5.41) is 2.39. The number of hydrogen-bond donors (Lipinski definition) is 1. The van der Waals surface area contributed by atoms with Gasteiger partial charge in [-0.2, -0.15) is 0 Å². The summed E-state index contributed by atoms with van der Waals surface area (Å²) in [5.74, 6) is 0.0573. The SMILES string of the molecule is C[C@@H]1CN(C(=O)CN)CCCCN1Cc1ccc2cnccc2c1. The van der Waals surface area contributed by atoms with E-state index in [1.807, 2.05) is 17.3 Å². The fourth-order valence-corrected chi connectivity index (χ4v) is 3.42. The number of aromatic nitrogens is 1. The highest BCUT2D eigenvalue weighted by atomic mass is 16.2. The molecule has 24 heavy (non-hydrogen) atoms. The van der Waals surface area contributed by atoms with Crippen LogP contribution in [0.1, 0.15) is 25.3 Å². The van der Waals surface area contributed by atoms with Crippen molar-refractivity contribution in [1.29, 1.82) is 0 Å². The van der Waals surface area contributed by atoms with Crippen LogP contribution >= 0.6 is 0 Å². The largest absolute Gasteiger partial charge is 0.340 e. The zero-order valence-corrected chi connectivity index (χ0v) is 14.3. The first-order chi connectivity index (χ1) is 11.7. The minimum absolute atomic E-state index is 0.0573. The Bertz CT molecular complexity index is 703. The quantitative estimate of drug-likeness (QED) is 0.937. The summed E-state index contributed by atoms with van der Waals surface area (Å²) < 4.78 is 0. The molecule has 0 aliphatic carbocycles. The molecule has 5 heteroatoms. The summed E-state index contributed by atoms with van der Waals surface area (Å²) >= 11 is 0. The first-order valence-corrected chi connectivity index (χ1v) is 8.72. The Labute approximate surface area is 143 Å². The van der Waals surface area contributed by atoms with E-state index in [-0.39, 0.29) is 12.5 Å². The molecular weight excluding hydrogens is 300 g/mol. The predicted octanol–water partition coefficient (Wildman–Crippen LogP) is 2.01. The summed E-state index contributed by atoms with van der Waals surface area (Å²) in [7, 11) is 0. The van der Waals surface area contributed by atoms with Crippen LogP contribution in [0, 0.1) is 0 Å². The van der Waals surface area contributed by atoms with E-state index in [1.54, 1.807) is 0 Å². The van der Waals surface area contributed by atoms with Gasteiger partial charge >= 0.3 is 0 Å². The molecule has 1 aromatic heterocycles. The van der Waals surface area contributed by atoms with Crippen LogP contribution in [0.15, 0.2) is 36.7 Å². The number of benzene rings is 1. The van der Waals surface area contributed by atoms with Crippen LogP contribution in [0.3, 0.4) is 0 Å². The van der Waals surface area contributed by atoms with Crippen LogP contribution in [0.5, 0.6) is 0 Å². The molecule has 1 fully saturated rings. The van der Waals surface area contributed by atoms with Crippen molar-refractivity contribution in [1.82, 2.24) is 14.8 Å². The van der Waals surface area contributed by atoms with Gasteiger partial charge in [0.25, 0.3) is 0 Å². The second-order valence-corrected chi connectivity index (χ2v) is 6.63. The second kappa shape index (κ2) is 7.73. The highest BCUT2D eigenvalue weighted by Gasteiger charge is 2.22. The van der Waals surface area contributed by atoms with Gasteiger partial charge < -0.3 is 10.6 Å². The van der Waals surface area contributed by atoms with Gasteiger partial charge in [0.15, 0.2) is 0 Å². The molecule has 3 rings (SSSR count). The average Bonchev–Trinajstić information content (AvgIpc) is 2.60. The van der Waals surface area contributed by atoms with Crippen molar-refractivity contribution in [3.63, 3.8) is 0 Å². The number of carbonyl (C=O) groups is 1. The fraction of sp³-hybridized carbons (Fsp3) is 0.474. The lowest BCUT2D eigenvalue weighted by molar-refractivity contribution is -0.131. The minimum atomic E-state index is 0.0573. The van der Waals surface area contributed by atoms with Gasteiger partial charge in [-0.3, -0.25) is 14.7 Å². The van der Waals surface area contributed by atoms with Gasteiger partial charge in [0, 0.05) is 43.5 Å². The van der Waals surface area contributed by atoms with E-state index in [2.05, 4.69) is 41.1 Å². The van der Waals surface area contributed by atoms with Gasteiger partial charge in [0.05, 0.1) is 6.54 Å². The molecule has 1 aliphatic heterocycles. The molecule has 1 aliphatic rings. The highest BCUT2D eigenvalue weighted by Crippen LogP contribution is 2.18. The summed E-state index contributed by atoms with van der Waals surface area (Å²) in [6.45, 7) is 5.87. The lowest BCUT2D eigenvalue weighted by atomic mass is 10.1. The second-order valence-electron chi connectivity index (χ2n) is 6.63. The van der Waals surface area contributed by atoms with Gasteiger partial charge in [0.1, 0.15) is 0 Å². The Morgan fingerprint density at radius 1 is 1.25 bits per heavy atom. The third-order valence-corrected chi connectivity index (χ3v) is 4.85. The predicted molar refractivity (Wildman–Crippen MR) is 96.5 cm³/mol. The zero-order chi connectivity index (χ0) is 16.9. The standard InChI is InChI=1S/C19H26N4O/c1-15-13-23(19(24)11-20)9-3-2-8-22(15)14-16-4-5-18-12-21-7-6-17(18)10-16/h4-7,10,12,15H,2-3,8-9,11,13-14,20H2,1H3/t15-/m1/s1. The molecule has 0 radical (unpaired) electrons. The molecule has 1 aromatic carbocycles. The number of nitrogens with zero attached hydrogens (tertiary/aromatic N) is 3. The van der Waals surface area contributed by atoms with Crippen molar-refractivity contribution < 1.29 is 4.79 Å². The van der Waals surface area contributed by atoms with E-state index in [4.69, 9.17) is 5.73 Å². The maximum Gasteiger partial charge on any atom is 0.236 e. The molecular formula is C19H26N4O. The van der Waals surface area contributed by atoms with E-state index >= 15 is 0 Å². The van der Waals surface area contributed by atoms with Gasteiger partial charge in [-0.1, -0.05) is 12.1 Å². The summed E-state index contributed by atoms with van der Waals surface area (Å²) in [5.41, 5.74) is 6.84. The number of rotatable bonds is 3. The summed E-state index contributed by atoms with van der Waals surface area (Å²) in [6.07, 6.45) is 5.88. The van der Waals surface area contributed by atoms with Crippen LogP contribution in [0.25, 0.3) is 10.8 Å². The Balaban J connectivity index is 1.73. The molecule has 0 unspecified atom stereocenters. The van der Waals surface area contributed by atoms with Crippen LogP contribution in [0.2, 0.25) is 0 Å². The van der Waals surface area contributed by atoms with E-state index in [0.717, 1.165) is 39.0 Å². The molecule has 0 bridgehead atoms. The highest BCUT2D eigenvalue weighted by molar-refractivity contribution is 5.82. The van der Waals surface area contributed by atoms with Gasteiger partial charge in [-0.25, -0.2) is 0 Å². The van der Waals surface area contributed by atoms with E-state index < -0.39 is 0 Å². The molecule has 1 atom stereocenters. The van der Waals surface area contributed by atoms with E-state index in [9.17, 15) is 4.79 Å². The van der Waals surface area contributed by atoms with Gasteiger partial charge in [-0.15, -0.1) is 0 Å². The molecule has 2 heterocycles. The molecule has 1 amide bonds. The van der Waals surface area contributed by atoms with Crippen LogP contribution in [0.4, 0.5) is 0 Å². The van der Waals surface area contributed by atoms with Crippen molar-refractivity contribution in [2.24, 2.45) is 5.73 Å². The summed E-state index contributed by atoms with van der Waals surface area (Å²) in [6, 6.07) is 8.94. The third-order valence-electron chi connectivity index (χ3n) is 4.85. The Hall–Kier alpha value is -1.98. The fourth-order valence-electron chi connectivity index (χ4n) is 3.42. The zero-order valence-electron chi connectivity index (χ0n) is 14.3. The molecule has 5 nitrogen and oxygen atoms in total. The first kappa shape index (κ1) is 16.9. The average molecular weight is 326 g/mol.